The molecule has 0 spiro atoms. The van der Waals surface area contributed by atoms with E-state index in [9.17, 15) is 9.59 Å². The highest BCUT2D eigenvalue weighted by atomic mass is 35.5. The number of carbonyl (C=O) groups excluding carboxylic acids is 1. The van der Waals surface area contributed by atoms with Crippen LogP contribution in [0.4, 0.5) is 4.79 Å². The van der Waals surface area contributed by atoms with Gasteiger partial charge in [-0.25, -0.2) is 9.59 Å². The molecule has 7 nitrogen and oxygen atoms in total. The number of halogens is 1. The molecule has 100 valence electrons. The topological polar surface area (TPSA) is 97.2 Å². The number of hydrogen-bond acceptors (Lipinski definition) is 5. The van der Waals surface area contributed by atoms with Crippen molar-refractivity contribution in [3.05, 3.63) is 12.7 Å². The molecule has 8 heteroatoms. The molecule has 0 aromatic carbocycles. The second kappa shape index (κ2) is 6.85. The van der Waals surface area contributed by atoms with Gasteiger partial charge in [0.05, 0.1) is 0 Å². The second-order valence-electron chi connectivity index (χ2n) is 3.56. The van der Waals surface area contributed by atoms with Crippen LogP contribution in [0.2, 0.25) is 0 Å². The van der Waals surface area contributed by atoms with Crippen molar-refractivity contribution in [1.82, 2.24) is 5.32 Å². The van der Waals surface area contributed by atoms with Crippen LogP contribution >= 0.6 is 11.6 Å². The van der Waals surface area contributed by atoms with Crippen molar-refractivity contribution in [3.8, 4) is 0 Å². The fourth-order valence-corrected chi connectivity index (χ4v) is 1.54. The highest BCUT2D eigenvalue weighted by molar-refractivity contribution is 6.65. The third-order valence-electron chi connectivity index (χ3n) is 2.12. The third-order valence-corrected chi connectivity index (χ3v) is 2.34. The molecule has 1 heterocycles. The normalized spacial score (nSPS) is 19.4. The zero-order valence-corrected chi connectivity index (χ0v) is 10.2. The molecule has 0 saturated heterocycles. The van der Waals surface area contributed by atoms with Gasteiger partial charge in [-0.3, -0.25) is 0 Å². The first kappa shape index (κ1) is 14.3. The molecule has 1 aliphatic rings. The van der Waals surface area contributed by atoms with Gasteiger partial charge in [0.2, 0.25) is 0 Å². The number of amides is 1. The van der Waals surface area contributed by atoms with Crippen LogP contribution in [0.25, 0.3) is 0 Å². The summed E-state index contributed by atoms with van der Waals surface area (Å²) >= 11 is 5.60. The van der Waals surface area contributed by atoms with Crippen LogP contribution in [0.3, 0.4) is 0 Å². The Morgan fingerprint density at radius 1 is 1.78 bits per heavy atom. The lowest BCUT2D eigenvalue weighted by molar-refractivity contribution is -0.140. The fourth-order valence-electron chi connectivity index (χ4n) is 1.32. The Bertz CT molecular complexity index is 371. The first-order valence-corrected chi connectivity index (χ1v) is 5.56. The maximum Gasteiger partial charge on any atom is 0.408 e. The van der Waals surface area contributed by atoms with E-state index in [1.807, 2.05) is 0 Å². The Labute approximate surface area is 108 Å². The maximum absolute atomic E-state index is 11.2. The first-order valence-electron chi connectivity index (χ1n) is 5.18. The molecular formula is C10H13ClN2O5. The quantitative estimate of drug-likeness (QED) is 0.708. The number of carboxylic acid groups (broad SMARTS) is 1. The SMILES string of the molecule is C=CCOC(=O)N[C@@H](CC1CC(Cl)=NO1)C(=O)O. The lowest BCUT2D eigenvalue weighted by atomic mass is 10.1. The van der Waals surface area contributed by atoms with Gasteiger partial charge in [-0.1, -0.05) is 29.4 Å². The molecule has 1 unspecified atom stereocenters. The number of ether oxygens (including phenoxy) is 1. The summed E-state index contributed by atoms with van der Waals surface area (Å²) in [6.45, 7) is 3.37. The number of carbonyl (C=O) groups is 2. The van der Waals surface area contributed by atoms with Gasteiger partial charge in [-0.2, -0.15) is 0 Å². The maximum atomic E-state index is 11.2. The average Bonchev–Trinajstić information content (AvgIpc) is 2.71. The first-order chi connectivity index (χ1) is 8.52. The summed E-state index contributed by atoms with van der Waals surface area (Å²) in [7, 11) is 0. The van der Waals surface area contributed by atoms with Crippen molar-refractivity contribution in [2.24, 2.45) is 5.16 Å². The minimum atomic E-state index is -1.18. The van der Waals surface area contributed by atoms with Crippen LogP contribution < -0.4 is 5.32 Å². The molecule has 2 atom stereocenters. The minimum Gasteiger partial charge on any atom is -0.480 e. The number of nitrogens with zero attached hydrogens (tertiary/aromatic N) is 1. The standard InChI is InChI=1S/C10H13ClN2O5/c1-2-3-17-10(16)12-7(9(14)15)4-6-5-8(11)13-18-6/h2,6-7H,1,3-5H2,(H,12,16)(H,14,15)/t6?,7-/m0/s1. The lowest BCUT2D eigenvalue weighted by Gasteiger charge is -2.16. The minimum absolute atomic E-state index is 0.00698. The van der Waals surface area contributed by atoms with E-state index in [-0.39, 0.29) is 18.2 Å². The highest BCUT2D eigenvalue weighted by Crippen LogP contribution is 2.17. The Kier molecular flexibility index (Phi) is 5.44. The van der Waals surface area contributed by atoms with E-state index >= 15 is 0 Å². The van der Waals surface area contributed by atoms with Crippen molar-refractivity contribution in [2.45, 2.75) is 25.0 Å². The number of hydrogen-bond donors (Lipinski definition) is 2. The number of alkyl carbamates (subject to hydrolysis) is 1. The summed E-state index contributed by atoms with van der Waals surface area (Å²) in [6, 6.07) is -1.12. The van der Waals surface area contributed by atoms with Gasteiger partial charge in [-0.05, 0) is 0 Å². The summed E-state index contributed by atoms with van der Waals surface area (Å²) in [6.07, 6.45) is 0.473. The van der Waals surface area contributed by atoms with Crippen molar-refractivity contribution in [3.63, 3.8) is 0 Å². The number of aliphatic carboxylic acids is 1. The Morgan fingerprint density at radius 2 is 2.50 bits per heavy atom. The number of carboxylic acids is 1. The van der Waals surface area contributed by atoms with Gasteiger partial charge in [0.15, 0.2) is 0 Å². The summed E-state index contributed by atoms with van der Waals surface area (Å²) in [5.41, 5.74) is 0. The number of rotatable bonds is 6. The monoisotopic (exact) mass is 276 g/mol. The van der Waals surface area contributed by atoms with E-state index in [0.717, 1.165) is 0 Å². The molecule has 1 amide bonds. The van der Waals surface area contributed by atoms with E-state index < -0.39 is 24.2 Å². The van der Waals surface area contributed by atoms with Crippen LogP contribution in [-0.4, -0.2) is 41.1 Å². The highest BCUT2D eigenvalue weighted by Gasteiger charge is 2.29. The number of nitrogens with one attached hydrogen (secondary N) is 1. The van der Waals surface area contributed by atoms with Gasteiger partial charge in [0.1, 0.15) is 23.9 Å². The van der Waals surface area contributed by atoms with Gasteiger partial charge < -0.3 is 20.0 Å². The van der Waals surface area contributed by atoms with Crippen LogP contribution in [0.5, 0.6) is 0 Å². The molecule has 0 bridgehead atoms. The van der Waals surface area contributed by atoms with E-state index in [1.165, 1.54) is 6.08 Å². The van der Waals surface area contributed by atoms with Gasteiger partial charge in [0.25, 0.3) is 0 Å². The number of oxime groups is 1. The summed E-state index contributed by atoms with van der Waals surface area (Å²) in [5.74, 6) is -1.18. The molecule has 1 aliphatic heterocycles. The van der Waals surface area contributed by atoms with Crippen molar-refractivity contribution < 1.29 is 24.3 Å². The summed E-state index contributed by atoms with van der Waals surface area (Å²) in [4.78, 5) is 27.1. The Morgan fingerprint density at radius 3 is 3.00 bits per heavy atom. The Hall–Kier alpha value is -1.76. The van der Waals surface area contributed by atoms with Crippen LogP contribution in [0, 0.1) is 0 Å². The molecule has 0 radical (unpaired) electrons. The average molecular weight is 277 g/mol. The van der Waals surface area contributed by atoms with Gasteiger partial charge in [0, 0.05) is 12.8 Å². The Balaban J connectivity index is 2.43. The van der Waals surface area contributed by atoms with E-state index in [0.29, 0.717) is 6.42 Å². The fraction of sp³-hybridized carbons (Fsp3) is 0.500. The van der Waals surface area contributed by atoms with Crippen LogP contribution in [-0.2, 0) is 14.4 Å². The molecule has 2 N–H and O–H groups in total. The predicted molar refractivity (Wildman–Crippen MR) is 63.5 cm³/mol. The molecule has 1 rings (SSSR count). The molecule has 0 saturated carbocycles. The summed E-state index contributed by atoms with van der Waals surface area (Å²) < 4.78 is 4.63. The molecule has 0 fully saturated rings. The summed E-state index contributed by atoms with van der Waals surface area (Å²) in [5, 5.41) is 14.9. The largest absolute Gasteiger partial charge is 0.480 e. The van der Waals surface area contributed by atoms with Crippen LogP contribution in [0.1, 0.15) is 12.8 Å². The van der Waals surface area contributed by atoms with E-state index in [2.05, 4.69) is 21.8 Å². The van der Waals surface area contributed by atoms with Crippen molar-refractivity contribution in [1.29, 1.82) is 0 Å². The third kappa shape index (κ3) is 4.62. The smallest absolute Gasteiger partial charge is 0.408 e. The molecule has 18 heavy (non-hydrogen) atoms. The molecule has 0 aromatic rings. The van der Waals surface area contributed by atoms with E-state index in [4.69, 9.17) is 21.5 Å². The molecular weight excluding hydrogens is 264 g/mol. The van der Waals surface area contributed by atoms with Crippen molar-refractivity contribution in [2.75, 3.05) is 6.61 Å². The zero-order chi connectivity index (χ0) is 13.5. The molecule has 0 aliphatic carbocycles. The van der Waals surface area contributed by atoms with Crippen molar-refractivity contribution >= 4 is 28.8 Å². The zero-order valence-electron chi connectivity index (χ0n) is 9.47. The second-order valence-corrected chi connectivity index (χ2v) is 3.99. The van der Waals surface area contributed by atoms with Gasteiger partial charge >= 0.3 is 12.1 Å². The van der Waals surface area contributed by atoms with E-state index in [1.54, 1.807) is 0 Å². The predicted octanol–water partition coefficient (Wildman–Crippen LogP) is 1.08. The lowest BCUT2D eigenvalue weighted by Crippen LogP contribution is -2.43. The van der Waals surface area contributed by atoms with Gasteiger partial charge in [-0.15, -0.1) is 0 Å². The molecule has 0 aromatic heterocycles. The van der Waals surface area contributed by atoms with Crippen LogP contribution in [0.15, 0.2) is 17.8 Å².